The Hall–Kier alpha value is -1.63. The fourth-order valence-electron chi connectivity index (χ4n) is 2.72. The smallest absolute Gasteiger partial charge is 0.0473 e. The van der Waals surface area contributed by atoms with Gasteiger partial charge in [-0.25, -0.2) is 0 Å². The molecule has 2 aromatic rings. The summed E-state index contributed by atoms with van der Waals surface area (Å²) in [6.45, 7) is 4.23. The topological polar surface area (TPSA) is 12.9 Å². The van der Waals surface area contributed by atoms with E-state index >= 15 is 0 Å². The first-order chi connectivity index (χ1) is 9.22. The normalized spacial score (nSPS) is 15.3. The van der Waals surface area contributed by atoms with E-state index < -0.39 is 0 Å². The van der Waals surface area contributed by atoms with Crippen LogP contribution >= 0.6 is 0 Å². The number of benzene rings is 1. The lowest BCUT2D eigenvalue weighted by Gasteiger charge is -2.27. The zero-order valence-electron chi connectivity index (χ0n) is 11.8. The van der Waals surface area contributed by atoms with Crippen molar-refractivity contribution in [3.63, 3.8) is 0 Å². The average Bonchev–Trinajstić information content (AvgIpc) is 2.33. The van der Waals surface area contributed by atoms with Crippen LogP contribution in [-0.4, -0.2) is 4.98 Å². The molecule has 1 saturated carbocycles. The highest BCUT2D eigenvalue weighted by Crippen LogP contribution is 2.37. The SMILES string of the molecule is Cc1ccc(Cc2ccc(C)nc2C2CCC2)cc1. The zero-order valence-corrected chi connectivity index (χ0v) is 11.8. The zero-order chi connectivity index (χ0) is 13.2. The van der Waals surface area contributed by atoms with Gasteiger partial charge < -0.3 is 0 Å². The van der Waals surface area contributed by atoms with Crippen molar-refractivity contribution in [3.8, 4) is 0 Å². The molecule has 0 aliphatic heterocycles. The minimum absolute atomic E-state index is 0.709. The Kier molecular flexibility index (Phi) is 3.37. The quantitative estimate of drug-likeness (QED) is 0.779. The molecule has 0 spiro atoms. The molecule has 1 aliphatic carbocycles. The first-order valence-corrected chi connectivity index (χ1v) is 7.24. The highest BCUT2D eigenvalue weighted by molar-refractivity contribution is 5.33. The van der Waals surface area contributed by atoms with Crippen molar-refractivity contribution in [1.29, 1.82) is 0 Å². The van der Waals surface area contributed by atoms with Crippen LogP contribution in [0.5, 0.6) is 0 Å². The molecular weight excluding hydrogens is 230 g/mol. The predicted octanol–water partition coefficient (Wildman–Crippen LogP) is 4.56. The maximum absolute atomic E-state index is 4.81. The van der Waals surface area contributed by atoms with Crippen molar-refractivity contribution in [2.75, 3.05) is 0 Å². The molecule has 0 unspecified atom stereocenters. The third-order valence-corrected chi connectivity index (χ3v) is 4.16. The van der Waals surface area contributed by atoms with Gasteiger partial charge in [0, 0.05) is 17.3 Å². The first kappa shape index (κ1) is 12.4. The minimum atomic E-state index is 0.709. The summed E-state index contributed by atoms with van der Waals surface area (Å²) in [7, 11) is 0. The van der Waals surface area contributed by atoms with E-state index in [0.717, 1.165) is 12.1 Å². The van der Waals surface area contributed by atoms with Crippen LogP contribution in [0.3, 0.4) is 0 Å². The lowest BCUT2D eigenvalue weighted by atomic mass is 9.80. The number of nitrogens with zero attached hydrogens (tertiary/aromatic N) is 1. The van der Waals surface area contributed by atoms with E-state index in [0.29, 0.717) is 5.92 Å². The monoisotopic (exact) mass is 251 g/mol. The van der Waals surface area contributed by atoms with Gasteiger partial charge in [-0.3, -0.25) is 4.98 Å². The van der Waals surface area contributed by atoms with Crippen molar-refractivity contribution < 1.29 is 0 Å². The molecule has 1 nitrogen and oxygen atoms in total. The molecule has 98 valence electrons. The van der Waals surface area contributed by atoms with Crippen molar-refractivity contribution in [3.05, 3.63) is 64.5 Å². The van der Waals surface area contributed by atoms with E-state index in [-0.39, 0.29) is 0 Å². The molecule has 0 radical (unpaired) electrons. The van der Waals surface area contributed by atoms with Crippen molar-refractivity contribution in [2.24, 2.45) is 0 Å². The summed E-state index contributed by atoms with van der Waals surface area (Å²) >= 11 is 0. The van der Waals surface area contributed by atoms with E-state index in [9.17, 15) is 0 Å². The molecule has 0 atom stereocenters. The maximum Gasteiger partial charge on any atom is 0.0473 e. The first-order valence-electron chi connectivity index (χ1n) is 7.24. The van der Waals surface area contributed by atoms with Gasteiger partial charge in [-0.15, -0.1) is 0 Å². The maximum atomic E-state index is 4.81. The van der Waals surface area contributed by atoms with E-state index in [1.807, 2.05) is 0 Å². The third-order valence-electron chi connectivity index (χ3n) is 4.16. The van der Waals surface area contributed by atoms with Gasteiger partial charge in [0.2, 0.25) is 0 Å². The van der Waals surface area contributed by atoms with Crippen LogP contribution in [0.2, 0.25) is 0 Å². The molecule has 0 amide bonds. The second-order valence-corrected chi connectivity index (χ2v) is 5.79. The van der Waals surface area contributed by atoms with Crippen LogP contribution < -0.4 is 0 Å². The number of rotatable bonds is 3. The number of aryl methyl sites for hydroxylation is 2. The Bertz CT molecular complexity index is 565. The molecule has 1 heterocycles. The van der Waals surface area contributed by atoms with E-state index in [2.05, 4.69) is 50.2 Å². The Morgan fingerprint density at radius 1 is 1.00 bits per heavy atom. The largest absolute Gasteiger partial charge is 0.258 e. The number of hydrogen-bond donors (Lipinski definition) is 0. The summed E-state index contributed by atoms with van der Waals surface area (Å²) < 4.78 is 0. The van der Waals surface area contributed by atoms with Gasteiger partial charge in [0.25, 0.3) is 0 Å². The molecule has 0 bridgehead atoms. The van der Waals surface area contributed by atoms with Crippen LogP contribution in [0.25, 0.3) is 0 Å². The molecule has 1 fully saturated rings. The fourth-order valence-corrected chi connectivity index (χ4v) is 2.72. The Labute approximate surface area is 115 Å². The highest BCUT2D eigenvalue weighted by Gasteiger charge is 2.23. The molecule has 1 aliphatic rings. The standard InChI is InChI=1S/C18H21N/c1-13-6-9-15(10-7-13)12-17-11-8-14(2)19-18(17)16-4-3-5-16/h6-11,16H,3-5,12H2,1-2H3. The lowest BCUT2D eigenvalue weighted by molar-refractivity contribution is 0.408. The van der Waals surface area contributed by atoms with E-state index in [1.165, 1.54) is 41.6 Å². The summed E-state index contributed by atoms with van der Waals surface area (Å²) in [5.74, 6) is 0.709. The minimum Gasteiger partial charge on any atom is -0.258 e. The van der Waals surface area contributed by atoms with Crippen LogP contribution in [0.15, 0.2) is 36.4 Å². The fraction of sp³-hybridized carbons (Fsp3) is 0.389. The Morgan fingerprint density at radius 3 is 2.37 bits per heavy atom. The summed E-state index contributed by atoms with van der Waals surface area (Å²) in [4.78, 5) is 4.81. The van der Waals surface area contributed by atoms with Gasteiger partial charge in [0.1, 0.15) is 0 Å². The van der Waals surface area contributed by atoms with Crippen molar-refractivity contribution >= 4 is 0 Å². The van der Waals surface area contributed by atoms with Gasteiger partial charge >= 0.3 is 0 Å². The molecule has 1 aromatic heterocycles. The predicted molar refractivity (Wildman–Crippen MR) is 79.6 cm³/mol. The van der Waals surface area contributed by atoms with Crippen LogP contribution in [-0.2, 0) is 6.42 Å². The van der Waals surface area contributed by atoms with E-state index in [1.54, 1.807) is 0 Å². The van der Waals surface area contributed by atoms with Gasteiger partial charge in [0.05, 0.1) is 0 Å². The molecule has 0 N–H and O–H groups in total. The van der Waals surface area contributed by atoms with Crippen LogP contribution in [0.1, 0.15) is 53.3 Å². The van der Waals surface area contributed by atoms with Crippen LogP contribution in [0, 0.1) is 13.8 Å². The Morgan fingerprint density at radius 2 is 1.74 bits per heavy atom. The molecular formula is C18H21N. The van der Waals surface area contributed by atoms with E-state index in [4.69, 9.17) is 4.98 Å². The second kappa shape index (κ2) is 5.16. The molecule has 1 aromatic carbocycles. The summed E-state index contributed by atoms with van der Waals surface area (Å²) in [5, 5.41) is 0. The lowest BCUT2D eigenvalue weighted by Crippen LogP contribution is -2.14. The summed E-state index contributed by atoms with van der Waals surface area (Å²) in [6, 6.07) is 13.3. The summed E-state index contributed by atoms with van der Waals surface area (Å²) in [5.41, 5.74) is 6.63. The van der Waals surface area contributed by atoms with Gasteiger partial charge in [0.15, 0.2) is 0 Å². The molecule has 19 heavy (non-hydrogen) atoms. The number of aromatic nitrogens is 1. The van der Waals surface area contributed by atoms with Gasteiger partial charge in [-0.2, -0.15) is 0 Å². The Balaban J connectivity index is 1.89. The average molecular weight is 251 g/mol. The molecule has 1 heteroatoms. The van der Waals surface area contributed by atoms with Crippen molar-refractivity contribution in [1.82, 2.24) is 4.98 Å². The van der Waals surface area contributed by atoms with Crippen LogP contribution in [0.4, 0.5) is 0 Å². The van der Waals surface area contributed by atoms with Gasteiger partial charge in [-0.05, 0) is 50.3 Å². The van der Waals surface area contributed by atoms with Gasteiger partial charge in [-0.1, -0.05) is 42.3 Å². The second-order valence-electron chi connectivity index (χ2n) is 5.79. The molecule has 3 rings (SSSR count). The number of hydrogen-bond acceptors (Lipinski definition) is 1. The third kappa shape index (κ3) is 2.70. The number of pyridine rings is 1. The van der Waals surface area contributed by atoms with Crippen molar-refractivity contribution in [2.45, 2.75) is 45.4 Å². The summed E-state index contributed by atoms with van der Waals surface area (Å²) in [6.07, 6.45) is 5.01. The molecule has 0 saturated heterocycles. The highest BCUT2D eigenvalue weighted by atomic mass is 14.7.